The molecule has 0 bridgehead atoms. The molecular weight excluding hydrogens is 272 g/mol. The first-order valence-electron chi connectivity index (χ1n) is 5.95. The summed E-state index contributed by atoms with van der Waals surface area (Å²) >= 11 is 5.88. The van der Waals surface area contributed by atoms with Crippen molar-refractivity contribution in [2.45, 2.75) is 0 Å². The molecule has 0 saturated heterocycles. The molecule has 96 valence electrons. The van der Waals surface area contributed by atoms with Gasteiger partial charge in [0, 0.05) is 10.6 Å². The SMILES string of the molecule is N#Cc1n[nH]nc1-c1ccc(-c2ccc(Cl)cc2)cc1. The van der Waals surface area contributed by atoms with Crippen molar-refractivity contribution in [3.8, 4) is 28.5 Å². The van der Waals surface area contributed by atoms with Gasteiger partial charge in [-0.3, -0.25) is 0 Å². The molecular formula is C15H9ClN4. The summed E-state index contributed by atoms with van der Waals surface area (Å²) in [5, 5.41) is 19.9. The zero-order valence-electron chi connectivity index (χ0n) is 10.3. The molecule has 20 heavy (non-hydrogen) atoms. The van der Waals surface area contributed by atoms with Crippen molar-refractivity contribution >= 4 is 11.6 Å². The summed E-state index contributed by atoms with van der Waals surface area (Å²) in [6.45, 7) is 0. The molecule has 0 aliphatic heterocycles. The van der Waals surface area contributed by atoms with Gasteiger partial charge < -0.3 is 0 Å². The molecule has 2 aromatic carbocycles. The van der Waals surface area contributed by atoms with Gasteiger partial charge in [0.2, 0.25) is 0 Å². The largest absolute Gasteiger partial charge is 0.196 e. The van der Waals surface area contributed by atoms with Gasteiger partial charge in [-0.15, -0.1) is 5.10 Å². The Kier molecular flexibility index (Phi) is 3.20. The Hall–Kier alpha value is -2.64. The monoisotopic (exact) mass is 280 g/mol. The molecule has 0 radical (unpaired) electrons. The molecule has 1 heterocycles. The number of nitrogens with zero attached hydrogens (tertiary/aromatic N) is 3. The second kappa shape index (κ2) is 5.16. The van der Waals surface area contributed by atoms with Gasteiger partial charge >= 0.3 is 0 Å². The topological polar surface area (TPSA) is 65.4 Å². The average molecular weight is 281 g/mol. The van der Waals surface area contributed by atoms with Crippen LogP contribution in [0.2, 0.25) is 5.02 Å². The van der Waals surface area contributed by atoms with Gasteiger partial charge in [-0.2, -0.15) is 15.6 Å². The number of hydrogen-bond acceptors (Lipinski definition) is 3. The molecule has 0 amide bonds. The van der Waals surface area contributed by atoms with Gasteiger partial charge in [-0.25, -0.2) is 0 Å². The minimum Gasteiger partial charge on any atom is -0.196 e. The highest BCUT2D eigenvalue weighted by molar-refractivity contribution is 6.30. The van der Waals surface area contributed by atoms with E-state index in [9.17, 15) is 0 Å². The summed E-state index contributed by atoms with van der Waals surface area (Å²) in [5.41, 5.74) is 3.88. The highest BCUT2D eigenvalue weighted by atomic mass is 35.5. The summed E-state index contributed by atoms with van der Waals surface area (Å²) < 4.78 is 0. The van der Waals surface area contributed by atoms with Crippen LogP contribution < -0.4 is 0 Å². The molecule has 0 aliphatic rings. The molecule has 3 aromatic rings. The predicted molar refractivity (Wildman–Crippen MR) is 77.0 cm³/mol. The predicted octanol–water partition coefficient (Wildman–Crippen LogP) is 3.66. The molecule has 1 aromatic heterocycles. The van der Waals surface area contributed by atoms with E-state index in [1.54, 1.807) is 0 Å². The van der Waals surface area contributed by atoms with E-state index in [0.29, 0.717) is 16.4 Å². The van der Waals surface area contributed by atoms with Crippen LogP contribution in [-0.4, -0.2) is 15.4 Å². The lowest BCUT2D eigenvalue weighted by molar-refractivity contribution is 0.937. The van der Waals surface area contributed by atoms with E-state index < -0.39 is 0 Å². The maximum absolute atomic E-state index is 8.94. The molecule has 0 atom stereocenters. The van der Waals surface area contributed by atoms with E-state index in [1.165, 1.54) is 0 Å². The molecule has 0 unspecified atom stereocenters. The smallest absolute Gasteiger partial charge is 0.190 e. The van der Waals surface area contributed by atoms with Crippen LogP contribution in [0.25, 0.3) is 22.4 Å². The fourth-order valence-corrected chi connectivity index (χ4v) is 2.10. The molecule has 4 nitrogen and oxygen atoms in total. The number of nitrogens with one attached hydrogen (secondary N) is 1. The molecule has 5 heteroatoms. The van der Waals surface area contributed by atoms with E-state index in [2.05, 4.69) is 15.4 Å². The van der Waals surface area contributed by atoms with Gasteiger partial charge in [0.15, 0.2) is 5.69 Å². The number of H-pyrrole nitrogens is 1. The second-order valence-corrected chi connectivity index (χ2v) is 4.65. The zero-order valence-corrected chi connectivity index (χ0v) is 11.1. The van der Waals surface area contributed by atoms with Crippen molar-refractivity contribution in [2.24, 2.45) is 0 Å². The maximum atomic E-state index is 8.94. The number of hydrogen-bond donors (Lipinski definition) is 1. The van der Waals surface area contributed by atoms with Crippen molar-refractivity contribution in [2.75, 3.05) is 0 Å². The Balaban J connectivity index is 1.96. The Bertz CT molecular complexity index is 767. The third-order valence-electron chi connectivity index (χ3n) is 2.99. The average Bonchev–Trinajstić information content (AvgIpc) is 2.97. The Morgan fingerprint density at radius 2 is 1.40 bits per heavy atom. The van der Waals surface area contributed by atoms with E-state index in [-0.39, 0.29) is 0 Å². The third kappa shape index (κ3) is 2.27. The van der Waals surface area contributed by atoms with Crippen molar-refractivity contribution in [1.82, 2.24) is 15.4 Å². The van der Waals surface area contributed by atoms with Crippen LogP contribution >= 0.6 is 11.6 Å². The molecule has 0 saturated carbocycles. The van der Waals surface area contributed by atoms with Crippen molar-refractivity contribution in [3.05, 3.63) is 59.2 Å². The Morgan fingerprint density at radius 1 is 0.850 bits per heavy atom. The number of rotatable bonds is 2. The van der Waals surface area contributed by atoms with Crippen molar-refractivity contribution in [1.29, 1.82) is 5.26 Å². The van der Waals surface area contributed by atoms with Gasteiger partial charge in [-0.1, -0.05) is 48.0 Å². The Morgan fingerprint density at radius 3 is 2.00 bits per heavy atom. The summed E-state index contributed by atoms with van der Waals surface area (Å²) in [6.07, 6.45) is 0. The fourth-order valence-electron chi connectivity index (χ4n) is 1.97. The van der Waals surface area contributed by atoms with Crippen LogP contribution in [0.15, 0.2) is 48.5 Å². The first-order valence-corrected chi connectivity index (χ1v) is 6.33. The van der Waals surface area contributed by atoms with Crippen LogP contribution in [0.3, 0.4) is 0 Å². The minimum absolute atomic E-state index is 0.296. The number of aromatic nitrogens is 3. The molecule has 3 rings (SSSR count). The lowest BCUT2D eigenvalue weighted by atomic mass is 10.0. The lowest BCUT2D eigenvalue weighted by Gasteiger charge is -2.03. The highest BCUT2D eigenvalue weighted by Crippen LogP contribution is 2.25. The lowest BCUT2D eigenvalue weighted by Crippen LogP contribution is -1.83. The van der Waals surface area contributed by atoms with Gasteiger partial charge in [-0.05, 0) is 23.3 Å². The quantitative estimate of drug-likeness (QED) is 0.779. The summed E-state index contributed by atoms with van der Waals surface area (Å²) in [5.74, 6) is 0. The van der Waals surface area contributed by atoms with Crippen LogP contribution in [0.5, 0.6) is 0 Å². The maximum Gasteiger partial charge on any atom is 0.190 e. The summed E-state index contributed by atoms with van der Waals surface area (Å²) in [4.78, 5) is 0. The van der Waals surface area contributed by atoms with Gasteiger partial charge in [0.25, 0.3) is 0 Å². The molecule has 0 fully saturated rings. The van der Waals surface area contributed by atoms with E-state index >= 15 is 0 Å². The van der Waals surface area contributed by atoms with E-state index in [0.717, 1.165) is 16.7 Å². The van der Waals surface area contributed by atoms with Crippen molar-refractivity contribution in [3.63, 3.8) is 0 Å². The zero-order chi connectivity index (χ0) is 13.9. The van der Waals surface area contributed by atoms with Gasteiger partial charge in [0.1, 0.15) is 11.8 Å². The number of benzene rings is 2. The summed E-state index contributed by atoms with van der Waals surface area (Å²) in [6, 6.07) is 17.5. The van der Waals surface area contributed by atoms with Crippen LogP contribution in [0.4, 0.5) is 0 Å². The molecule has 0 aliphatic carbocycles. The number of nitriles is 1. The first kappa shape index (κ1) is 12.4. The fraction of sp³-hybridized carbons (Fsp3) is 0. The highest BCUT2D eigenvalue weighted by Gasteiger charge is 2.09. The third-order valence-corrected chi connectivity index (χ3v) is 3.24. The van der Waals surface area contributed by atoms with E-state index in [4.69, 9.17) is 16.9 Å². The minimum atomic E-state index is 0.296. The van der Waals surface area contributed by atoms with Crippen molar-refractivity contribution < 1.29 is 0 Å². The summed E-state index contributed by atoms with van der Waals surface area (Å²) in [7, 11) is 0. The second-order valence-electron chi connectivity index (χ2n) is 4.22. The Labute approximate surface area is 120 Å². The standard InChI is InChI=1S/C15H9ClN4/c16-13-7-5-11(6-8-13)10-1-3-12(4-2-10)15-14(9-17)18-20-19-15/h1-8H,(H,18,19,20). The van der Waals surface area contributed by atoms with Gasteiger partial charge in [0.05, 0.1) is 0 Å². The molecule has 0 spiro atoms. The van der Waals surface area contributed by atoms with E-state index in [1.807, 2.05) is 54.6 Å². The number of aromatic amines is 1. The first-order chi connectivity index (χ1) is 9.78. The normalized spacial score (nSPS) is 10.2. The number of halogens is 1. The van der Waals surface area contributed by atoms with Crippen LogP contribution in [0, 0.1) is 11.3 Å². The van der Waals surface area contributed by atoms with Crippen LogP contribution in [0.1, 0.15) is 5.69 Å². The molecule has 1 N–H and O–H groups in total. The van der Waals surface area contributed by atoms with Crippen LogP contribution in [-0.2, 0) is 0 Å².